The van der Waals surface area contributed by atoms with Gasteiger partial charge >= 0.3 is 0 Å². The van der Waals surface area contributed by atoms with Gasteiger partial charge in [-0.15, -0.1) is 0 Å². The number of aliphatic hydroxyl groups is 6. The molecule has 1 rings (SSSR count). The van der Waals surface area contributed by atoms with Crippen molar-refractivity contribution in [1.29, 1.82) is 0 Å². The molecule has 1 amide bonds. The molecule has 0 radical (unpaired) electrons. The zero-order valence-corrected chi connectivity index (χ0v) is 29.2. The summed E-state index contributed by atoms with van der Waals surface area (Å²) >= 11 is 0. The van der Waals surface area contributed by atoms with Gasteiger partial charge in [-0.25, -0.2) is 0 Å². The van der Waals surface area contributed by atoms with Gasteiger partial charge in [0.05, 0.1) is 25.4 Å². The normalized spacial score (nSPS) is 23.7. The van der Waals surface area contributed by atoms with Gasteiger partial charge in [0.15, 0.2) is 6.29 Å². The van der Waals surface area contributed by atoms with Gasteiger partial charge in [-0.2, -0.15) is 0 Å². The van der Waals surface area contributed by atoms with Gasteiger partial charge < -0.3 is 45.4 Å². The maximum Gasteiger partial charge on any atom is 0.220 e. The second-order valence-corrected chi connectivity index (χ2v) is 13.5. The lowest BCUT2D eigenvalue weighted by molar-refractivity contribution is -0.303. The zero-order chi connectivity index (χ0) is 34.0. The molecule has 0 spiro atoms. The SMILES string of the molecule is CCCCCCCCCCCCCCC[C@@H](O)[C@@H](O)[C@H](CO[C@@H]1O[C@H](CO)[C@@H](O)C(O)C1O)NC(=O)CCCCCCCCCC. The smallest absolute Gasteiger partial charge is 0.220 e. The fourth-order valence-corrected chi connectivity index (χ4v) is 6.14. The minimum absolute atomic E-state index is 0.263. The van der Waals surface area contributed by atoms with Crippen LogP contribution in [0.1, 0.15) is 162 Å². The van der Waals surface area contributed by atoms with E-state index in [1.54, 1.807) is 0 Å². The molecule has 0 saturated carbocycles. The molecule has 0 aromatic heterocycles. The maximum atomic E-state index is 12.8. The second-order valence-electron chi connectivity index (χ2n) is 13.5. The van der Waals surface area contributed by atoms with Gasteiger partial charge in [-0.3, -0.25) is 4.79 Å². The molecule has 10 nitrogen and oxygen atoms in total. The summed E-state index contributed by atoms with van der Waals surface area (Å²) in [5.74, 6) is -0.263. The number of hydrogen-bond donors (Lipinski definition) is 7. The van der Waals surface area contributed by atoms with Crippen LogP contribution < -0.4 is 5.32 Å². The first kappa shape index (κ1) is 43.2. The van der Waals surface area contributed by atoms with E-state index >= 15 is 0 Å². The highest BCUT2D eigenvalue weighted by Gasteiger charge is 2.44. The Morgan fingerprint density at radius 1 is 0.674 bits per heavy atom. The molecule has 0 aromatic carbocycles. The van der Waals surface area contributed by atoms with Crippen LogP contribution in [-0.4, -0.2) is 98.7 Å². The van der Waals surface area contributed by atoms with Gasteiger partial charge in [-0.1, -0.05) is 142 Å². The van der Waals surface area contributed by atoms with E-state index in [9.17, 15) is 35.4 Å². The average Bonchev–Trinajstić information content (AvgIpc) is 3.05. The summed E-state index contributed by atoms with van der Waals surface area (Å²) in [7, 11) is 0. The quantitative estimate of drug-likeness (QED) is 0.0523. The van der Waals surface area contributed by atoms with E-state index in [0.717, 1.165) is 44.9 Å². The first-order valence-corrected chi connectivity index (χ1v) is 18.8. The van der Waals surface area contributed by atoms with Crippen LogP contribution in [0.4, 0.5) is 0 Å². The van der Waals surface area contributed by atoms with Crippen molar-refractivity contribution < 1.29 is 44.9 Å². The van der Waals surface area contributed by atoms with E-state index < -0.39 is 55.6 Å². The van der Waals surface area contributed by atoms with E-state index in [1.807, 2.05) is 0 Å². The fraction of sp³-hybridized carbons (Fsp3) is 0.972. The lowest BCUT2D eigenvalue weighted by Gasteiger charge is -2.40. The van der Waals surface area contributed by atoms with Crippen LogP contribution in [0.15, 0.2) is 0 Å². The summed E-state index contributed by atoms with van der Waals surface area (Å²) in [6.45, 7) is 3.54. The van der Waals surface area contributed by atoms with Gasteiger partial charge in [0.25, 0.3) is 0 Å². The molecule has 10 heteroatoms. The molecule has 1 aliphatic heterocycles. The van der Waals surface area contributed by atoms with Crippen molar-refractivity contribution in [2.45, 2.75) is 210 Å². The highest BCUT2D eigenvalue weighted by Crippen LogP contribution is 2.23. The molecule has 1 aliphatic rings. The van der Waals surface area contributed by atoms with Gasteiger partial charge in [-0.05, 0) is 12.8 Å². The van der Waals surface area contributed by atoms with Crippen molar-refractivity contribution in [2.75, 3.05) is 13.2 Å². The van der Waals surface area contributed by atoms with Crippen molar-refractivity contribution in [1.82, 2.24) is 5.32 Å². The Labute approximate surface area is 279 Å². The van der Waals surface area contributed by atoms with Crippen LogP contribution in [0.5, 0.6) is 0 Å². The summed E-state index contributed by atoms with van der Waals surface area (Å²) in [5, 5.41) is 64.6. The van der Waals surface area contributed by atoms with Crippen molar-refractivity contribution >= 4 is 5.91 Å². The summed E-state index contributed by atoms with van der Waals surface area (Å²) in [5.41, 5.74) is 0. The van der Waals surface area contributed by atoms with Crippen molar-refractivity contribution in [3.8, 4) is 0 Å². The first-order chi connectivity index (χ1) is 22.3. The van der Waals surface area contributed by atoms with E-state index in [1.165, 1.54) is 89.9 Å². The van der Waals surface area contributed by atoms with E-state index in [-0.39, 0.29) is 18.9 Å². The molecular formula is C36H71NO9. The molecular weight excluding hydrogens is 590 g/mol. The van der Waals surface area contributed by atoms with E-state index in [2.05, 4.69) is 19.2 Å². The topological polar surface area (TPSA) is 169 Å². The van der Waals surface area contributed by atoms with Crippen LogP contribution in [0.2, 0.25) is 0 Å². The zero-order valence-electron chi connectivity index (χ0n) is 29.2. The number of aliphatic hydroxyl groups excluding tert-OH is 6. The monoisotopic (exact) mass is 662 g/mol. The minimum atomic E-state index is -1.60. The molecule has 8 atom stereocenters. The van der Waals surface area contributed by atoms with E-state index in [0.29, 0.717) is 6.42 Å². The van der Waals surface area contributed by atoms with Crippen LogP contribution in [-0.2, 0) is 14.3 Å². The highest BCUT2D eigenvalue weighted by atomic mass is 16.7. The van der Waals surface area contributed by atoms with E-state index in [4.69, 9.17) is 9.47 Å². The van der Waals surface area contributed by atoms with Crippen LogP contribution in [0.25, 0.3) is 0 Å². The summed E-state index contributed by atoms with van der Waals surface area (Å²) in [6, 6.07) is -0.981. The number of carbonyl (C=O) groups excluding carboxylic acids is 1. The third-order valence-electron chi connectivity index (χ3n) is 9.30. The molecule has 2 unspecified atom stereocenters. The Morgan fingerprint density at radius 3 is 1.61 bits per heavy atom. The average molecular weight is 662 g/mol. The lowest BCUT2D eigenvalue weighted by Crippen LogP contribution is -2.60. The van der Waals surface area contributed by atoms with Gasteiger partial charge in [0, 0.05) is 6.42 Å². The molecule has 46 heavy (non-hydrogen) atoms. The van der Waals surface area contributed by atoms with Crippen molar-refractivity contribution in [3.05, 3.63) is 0 Å². The summed E-state index contributed by atoms with van der Waals surface area (Å²) in [6.07, 6.45) is 15.6. The number of nitrogens with one attached hydrogen (secondary N) is 1. The molecule has 0 aromatic rings. The molecule has 1 fully saturated rings. The standard InChI is InChI=1S/C36H71NO9/c1-3-5-7-9-11-13-14-15-16-17-18-20-22-24-29(39)32(41)28(37-31(40)25-23-21-19-12-10-8-6-4-2)27-45-36-35(44)34(43)33(42)30(26-38)46-36/h28-30,32-36,38-39,41-44H,3-27H2,1-2H3,(H,37,40)/t28-,29+,30+,32-,33+,34?,35?,36+/m0/s1. The Hall–Kier alpha value is -0.850. The number of amides is 1. The van der Waals surface area contributed by atoms with Crippen LogP contribution >= 0.6 is 0 Å². The third kappa shape index (κ3) is 19.2. The number of unbranched alkanes of at least 4 members (excludes halogenated alkanes) is 19. The molecule has 0 bridgehead atoms. The largest absolute Gasteiger partial charge is 0.394 e. The molecule has 1 saturated heterocycles. The van der Waals surface area contributed by atoms with Gasteiger partial charge in [0.1, 0.15) is 30.5 Å². The Kier molecular flexibility index (Phi) is 26.3. The number of rotatable bonds is 30. The summed E-state index contributed by atoms with van der Waals surface area (Å²) < 4.78 is 11.1. The third-order valence-corrected chi connectivity index (χ3v) is 9.30. The molecule has 7 N–H and O–H groups in total. The molecule has 0 aliphatic carbocycles. The Balaban J connectivity index is 2.50. The van der Waals surface area contributed by atoms with Crippen LogP contribution in [0, 0.1) is 0 Å². The number of ether oxygens (including phenoxy) is 2. The Bertz CT molecular complexity index is 713. The van der Waals surface area contributed by atoms with Gasteiger partial charge in [0.2, 0.25) is 5.91 Å². The van der Waals surface area contributed by atoms with Crippen molar-refractivity contribution in [2.24, 2.45) is 0 Å². The molecule has 1 heterocycles. The minimum Gasteiger partial charge on any atom is -0.394 e. The predicted molar refractivity (Wildman–Crippen MR) is 181 cm³/mol. The number of carbonyl (C=O) groups is 1. The predicted octanol–water partition coefficient (Wildman–Crippen LogP) is 5.02. The first-order valence-electron chi connectivity index (χ1n) is 18.8. The summed E-state index contributed by atoms with van der Waals surface area (Å²) in [4.78, 5) is 12.8. The molecule has 274 valence electrons. The van der Waals surface area contributed by atoms with Crippen LogP contribution in [0.3, 0.4) is 0 Å². The highest BCUT2D eigenvalue weighted by molar-refractivity contribution is 5.76. The lowest BCUT2D eigenvalue weighted by atomic mass is 9.98. The second kappa shape index (κ2) is 28.0. The maximum absolute atomic E-state index is 12.8. The fourth-order valence-electron chi connectivity index (χ4n) is 6.14. The Morgan fingerprint density at radius 2 is 1.13 bits per heavy atom. The van der Waals surface area contributed by atoms with Crippen molar-refractivity contribution in [3.63, 3.8) is 0 Å². The number of hydrogen-bond acceptors (Lipinski definition) is 9.